The van der Waals surface area contributed by atoms with Crippen molar-refractivity contribution in [2.75, 3.05) is 5.88 Å². The second kappa shape index (κ2) is 4.13. The molecule has 0 aromatic heterocycles. The van der Waals surface area contributed by atoms with Gasteiger partial charge in [0.25, 0.3) is 0 Å². The van der Waals surface area contributed by atoms with E-state index in [1.807, 2.05) is 13.8 Å². The van der Waals surface area contributed by atoms with Crippen LogP contribution in [-0.4, -0.2) is 16.6 Å². The van der Waals surface area contributed by atoms with Gasteiger partial charge in [-0.05, 0) is 26.2 Å². The molecule has 0 radical (unpaired) electrons. The van der Waals surface area contributed by atoms with Gasteiger partial charge in [-0.1, -0.05) is 6.92 Å². The highest BCUT2D eigenvalue weighted by Gasteiger charge is 2.15. The highest BCUT2D eigenvalue weighted by molar-refractivity contribution is 6.17. The third kappa shape index (κ3) is 4.73. The summed E-state index contributed by atoms with van der Waals surface area (Å²) < 4.78 is 0. The van der Waals surface area contributed by atoms with Gasteiger partial charge in [0.15, 0.2) is 0 Å². The molecule has 0 heterocycles. The van der Waals surface area contributed by atoms with Crippen LogP contribution < -0.4 is 0 Å². The molecule has 0 spiro atoms. The lowest BCUT2D eigenvalue weighted by Crippen LogP contribution is -2.22. The van der Waals surface area contributed by atoms with Gasteiger partial charge in [0.2, 0.25) is 0 Å². The summed E-state index contributed by atoms with van der Waals surface area (Å²) in [5, 5.41) is 9.40. The average Bonchev–Trinajstić information content (AvgIpc) is 1.84. The maximum atomic E-state index is 9.40. The van der Waals surface area contributed by atoms with E-state index in [1.54, 1.807) is 0 Å². The zero-order valence-corrected chi connectivity index (χ0v) is 6.91. The number of hydrogen-bond acceptors (Lipinski definition) is 1. The van der Waals surface area contributed by atoms with Crippen molar-refractivity contribution in [2.24, 2.45) is 0 Å². The molecule has 0 aliphatic rings. The first-order valence-electron chi connectivity index (χ1n) is 3.41. The molecular formula is C7H15ClO. The molecule has 0 aliphatic heterocycles. The van der Waals surface area contributed by atoms with E-state index in [1.165, 1.54) is 0 Å². The molecule has 1 atom stereocenters. The van der Waals surface area contributed by atoms with Crippen molar-refractivity contribution < 1.29 is 5.11 Å². The van der Waals surface area contributed by atoms with E-state index in [0.29, 0.717) is 5.88 Å². The molecule has 0 saturated heterocycles. The van der Waals surface area contributed by atoms with Crippen LogP contribution in [0, 0.1) is 0 Å². The van der Waals surface area contributed by atoms with Crippen molar-refractivity contribution >= 4 is 11.6 Å². The molecule has 0 saturated carbocycles. The van der Waals surface area contributed by atoms with Gasteiger partial charge >= 0.3 is 0 Å². The van der Waals surface area contributed by atoms with Crippen LogP contribution in [0.25, 0.3) is 0 Å². The maximum Gasteiger partial charge on any atom is 0.0617 e. The Bertz CT molecular complexity index is 71.3. The number of aliphatic hydroxyl groups is 1. The first-order valence-corrected chi connectivity index (χ1v) is 3.94. The summed E-state index contributed by atoms with van der Waals surface area (Å²) in [5.74, 6) is 0.649. The van der Waals surface area contributed by atoms with E-state index < -0.39 is 5.60 Å². The smallest absolute Gasteiger partial charge is 0.0617 e. The monoisotopic (exact) mass is 150 g/mol. The molecule has 0 rings (SSSR count). The molecule has 1 N–H and O–H groups in total. The lowest BCUT2D eigenvalue weighted by molar-refractivity contribution is 0.0465. The Morgan fingerprint density at radius 2 is 2.11 bits per heavy atom. The molecular weight excluding hydrogens is 136 g/mol. The zero-order chi connectivity index (χ0) is 7.33. The van der Waals surface area contributed by atoms with Crippen molar-refractivity contribution in [3.8, 4) is 0 Å². The predicted octanol–water partition coefficient (Wildman–Crippen LogP) is 2.17. The van der Waals surface area contributed by atoms with Crippen molar-refractivity contribution in [1.82, 2.24) is 0 Å². The van der Waals surface area contributed by atoms with Crippen LogP contribution >= 0.6 is 11.6 Å². The van der Waals surface area contributed by atoms with Gasteiger partial charge in [0, 0.05) is 5.88 Å². The standard InChI is InChI=1S/C7H15ClO/c1-3-7(2,9)5-4-6-8/h9H,3-6H2,1-2H3. The quantitative estimate of drug-likeness (QED) is 0.609. The van der Waals surface area contributed by atoms with Crippen LogP contribution in [0.1, 0.15) is 33.1 Å². The van der Waals surface area contributed by atoms with Crippen molar-refractivity contribution in [3.63, 3.8) is 0 Å². The zero-order valence-electron chi connectivity index (χ0n) is 6.15. The fourth-order valence-corrected chi connectivity index (χ4v) is 0.758. The fraction of sp³-hybridized carbons (Fsp3) is 1.00. The first kappa shape index (κ1) is 9.25. The number of rotatable bonds is 4. The predicted molar refractivity (Wildman–Crippen MR) is 40.9 cm³/mol. The molecule has 2 heteroatoms. The van der Waals surface area contributed by atoms with Crippen molar-refractivity contribution in [2.45, 2.75) is 38.7 Å². The number of alkyl halides is 1. The molecule has 0 aromatic carbocycles. The van der Waals surface area contributed by atoms with Crippen LogP contribution in [0.2, 0.25) is 0 Å². The van der Waals surface area contributed by atoms with Gasteiger partial charge in [-0.15, -0.1) is 11.6 Å². The maximum absolute atomic E-state index is 9.40. The van der Waals surface area contributed by atoms with Crippen molar-refractivity contribution in [1.29, 1.82) is 0 Å². The molecule has 0 amide bonds. The van der Waals surface area contributed by atoms with Gasteiger partial charge in [-0.3, -0.25) is 0 Å². The van der Waals surface area contributed by atoms with Crippen LogP contribution in [0.4, 0.5) is 0 Å². The Morgan fingerprint density at radius 1 is 1.56 bits per heavy atom. The molecule has 1 nitrogen and oxygen atoms in total. The summed E-state index contributed by atoms with van der Waals surface area (Å²) in [6.45, 7) is 3.83. The Labute approximate surface area is 62.0 Å². The molecule has 9 heavy (non-hydrogen) atoms. The Morgan fingerprint density at radius 3 is 2.44 bits per heavy atom. The summed E-state index contributed by atoms with van der Waals surface area (Å²) >= 11 is 5.45. The lowest BCUT2D eigenvalue weighted by atomic mass is 9.98. The van der Waals surface area contributed by atoms with E-state index in [0.717, 1.165) is 19.3 Å². The second-order valence-corrected chi connectivity index (χ2v) is 3.02. The topological polar surface area (TPSA) is 20.2 Å². The summed E-state index contributed by atoms with van der Waals surface area (Å²) in [5.41, 5.74) is -0.491. The molecule has 0 fully saturated rings. The lowest BCUT2D eigenvalue weighted by Gasteiger charge is -2.19. The van der Waals surface area contributed by atoms with Gasteiger partial charge in [-0.25, -0.2) is 0 Å². The minimum atomic E-state index is -0.491. The Kier molecular flexibility index (Phi) is 4.24. The normalized spacial score (nSPS) is 17.3. The highest BCUT2D eigenvalue weighted by Crippen LogP contribution is 2.15. The van der Waals surface area contributed by atoms with Crippen LogP contribution in [-0.2, 0) is 0 Å². The molecule has 56 valence electrons. The summed E-state index contributed by atoms with van der Waals surface area (Å²) in [6.07, 6.45) is 2.53. The number of hydrogen-bond donors (Lipinski definition) is 1. The van der Waals surface area contributed by atoms with E-state index >= 15 is 0 Å². The molecule has 1 unspecified atom stereocenters. The molecule has 0 aliphatic carbocycles. The minimum absolute atomic E-state index is 0.491. The van der Waals surface area contributed by atoms with Crippen LogP contribution in [0.5, 0.6) is 0 Å². The second-order valence-electron chi connectivity index (χ2n) is 2.64. The summed E-state index contributed by atoms with van der Waals surface area (Å²) in [6, 6.07) is 0. The average molecular weight is 151 g/mol. The van der Waals surface area contributed by atoms with Gasteiger partial charge in [-0.2, -0.15) is 0 Å². The molecule has 0 aromatic rings. The van der Waals surface area contributed by atoms with E-state index in [2.05, 4.69) is 0 Å². The van der Waals surface area contributed by atoms with Crippen LogP contribution in [0.15, 0.2) is 0 Å². The highest BCUT2D eigenvalue weighted by atomic mass is 35.5. The van der Waals surface area contributed by atoms with E-state index in [9.17, 15) is 5.11 Å². The van der Waals surface area contributed by atoms with Crippen molar-refractivity contribution in [3.05, 3.63) is 0 Å². The third-order valence-electron chi connectivity index (χ3n) is 1.61. The Hall–Kier alpha value is 0.250. The summed E-state index contributed by atoms with van der Waals surface area (Å²) in [4.78, 5) is 0. The number of halogens is 1. The Balaban J connectivity index is 3.33. The van der Waals surface area contributed by atoms with Gasteiger partial charge < -0.3 is 5.11 Å². The van der Waals surface area contributed by atoms with E-state index in [-0.39, 0.29) is 0 Å². The molecule has 0 bridgehead atoms. The third-order valence-corrected chi connectivity index (χ3v) is 1.88. The minimum Gasteiger partial charge on any atom is -0.390 e. The largest absolute Gasteiger partial charge is 0.390 e. The van der Waals surface area contributed by atoms with E-state index in [4.69, 9.17) is 11.6 Å². The van der Waals surface area contributed by atoms with Gasteiger partial charge in [0.05, 0.1) is 5.60 Å². The fourth-order valence-electron chi connectivity index (χ4n) is 0.624. The van der Waals surface area contributed by atoms with Crippen LogP contribution in [0.3, 0.4) is 0 Å². The SMILES string of the molecule is CCC(C)(O)CCCCl. The first-order chi connectivity index (χ1) is 4.12. The summed E-state index contributed by atoms with van der Waals surface area (Å²) in [7, 11) is 0. The van der Waals surface area contributed by atoms with Gasteiger partial charge in [0.1, 0.15) is 0 Å².